The van der Waals surface area contributed by atoms with Crippen LogP contribution in [0.3, 0.4) is 0 Å². The SMILES string of the molecule is CCCCCN1CC(=O)N(C)[C@@H](CC(C)C)C(=O)N[C@H](C(=O)N2CCCCC2)CC(=O)N(C)[C@@H](C(C)C)C(=O)N[C@@H](CC(C)C)C(=O)N(C)[C@@H](CC)C(=O)N(C)[C@@H](Cc2ccccc2)C(=O)N[C@@H](C)C(=O)N(C)[C@@H](Cc2ccccc2)C(=O)N(C)[C@@H](CC)C(=O)N[C@@H]([C@@H](C)O)C1=O. The Morgan fingerprint density at radius 3 is 1.52 bits per heavy atom. The van der Waals surface area contributed by atoms with Crippen molar-refractivity contribution < 1.29 is 62.6 Å². The van der Waals surface area contributed by atoms with Crippen LogP contribution >= 0.6 is 0 Å². The molecule has 5 N–H and O–H groups in total. The number of nitrogens with one attached hydrogen (secondary N) is 4. The molecule has 97 heavy (non-hydrogen) atoms. The minimum atomic E-state index is -1.65. The van der Waals surface area contributed by atoms with Gasteiger partial charge in [-0.3, -0.25) is 57.5 Å². The van der Waals surface area contributed by atoms with Gasteiger partial charge in [-0.15, -0.1) is 0 Å². The van der Waals surface area contributed by atoms with Crippen LogP contribution in [0.4, 0.5) is 0 Å². The number of piperidine rings is 1. The topological polar surface area (TPSA) is 299 Å². The van der Waals surface area contributed by atoms with E-state index in [1.165, 1.54) is 90.4 Å². The Labute approximate surface area is 575 Å². The molecule has 4 rings (SSSR count). The van der Waals surface area contributed by atoms with Crippen LogP contribution in [0.2, 0.25) is 0 Å². The highest BCUT2D eigenvalue weighted by atomic mass is 16.3. The second-order valence-electron chi connectivity index (χ2n) is 27.7. The first kappa shape index (κ1) is 81.5. The Morgan fingerprint density at radius 2 is 1.00 bits per heavy atom. The van der Waals surface area contributed by atoms with Crippen molar-refractivity contribution in [2.24, 2.45) is 17.8 Å². The van der Waals surface area contributed by atoms with E-state index in [1.54, 1.807) is 93.3 Å². The lowest BCUT2D eigenvalue weighted by Crippen LogP contribution is -2.62. The van der Waals surface area contributed by atoms with Crippen LogP contribution in [-0.2, 0) is 70.4 Å². The zero-order chi connectivity index (χ0) is 72.7. The maximum absolute atomic E-state index is 15.1. The van der Waals surface area contributed by atoms with E-state index in [-0.39, 0.29) is 56.9 Å². The monoisotopic (exact) mass is 1350 g/mol. The third-order valence-corrected chi connectivity index (χ3v) is 18.7. The third-order valence-electron chi connectivity index (χ3n) is 18.7. The highest BCUT2D eigenvalue weighted by Crippen LogP contribution is 2.23. The molecule has 540 valence electrons. The largest absolute Gasteiger partial charge is 0.391 e. The molecule has 25 nitrogen and oxygen atoms in total. The van der Waals surface area contributed by atoms with Crippen molar-refractivity contribution in [2.75, 3.05) is 68.5 Å². The van der Waals surface area contributed by atoms with Crippen molar-refractivity contribution in [3.8, 4) is 0 Å². The Kier molecular flexibility index (Phi) is 32.6. The molecular formula is C72H114N12O13. The fraction of sp³-hybridized carbons (Fsp3) is 0.667. The van der Waals surface area contributed by atoms with E-state index in [1.807, 2.05) is 34.6 Å². The second kappa shape index (κ2) is 38.8. The van der Waals surface area contributed by atoms with Crippen LogP contribution in [0.15, 0.2) is 60.7 Å². The third kappa shape index (κ3) is 22.8. The van der Waals surface area contributed by atoms with Crippen LogP contribution in [0.5, 0.6) is 0 Å². The average Bonchev–Trinajstić information content (AvgIpc) is 0.830. The van der Waals surface area contributed by atoms with Gasteiger partial charge in [0.25, 0.3) is 0 Å². The van der Waals surface area contributed by atoms with Gasteiger partial charge in [0.15, 0.2) is 0 Å². The first-order valence-corrected chi connectivity index (χ1v) is 34.9. The van der Waals surface area contributed by atoms with Crippen LogP contribution < -0.4 is 21.3 Å². The fourth-order valence-corrected chi connectivity index (χ4v) is 12.9. The normalized spacial score (nSPS) is 25.4. The van der Waals surface area contributed by atoms with Gasteiger partial charge in [0.2, 0.25) is 70.9 Å². The summed E-state index contributed by atoms with van der Waals surface area (Å²) in [6, 6.07) is 4.63. The highest BCUT2D eigenvalue weighted by Gasteiger charge is 2.44. The van der Waals surface area contributed by atoms with Crippen molar-refractivity contribution in [1.82, 2.24) is 60.5 Å². The van der Waals surface area contributed by atoms with E-state index in [0.717, 1.165) is 12.8 Å². The number of carbonyl (C=O) groups is 12. The molecule has 0 bridgehead atoms. The zero-order valence-electron chi connectivity index (χ0n) is 60.8. The molecule has 2 aromatic carbocycles. The average molecular weight is 1360 g/mol. The standard InChI is InChI=1S/C72H114N12O13/c1-18-21-29-38-84-44-60(87)77(12)56(40-46(6)7)65(90)74-53(69(94)83-36-30-24-31-37-83)43-59(86)82(17)62(47(8)9)66(91)75-52(39-45(4)5)68(93)79(14)55(20-3)70(95)80(15)57(41-50-32-25-22-26-33-50)64(89)73-48(10)67(92)81(16)58(42-51-34-27-23-28-35-51)71(96)78(13)54(19-2)63(88)76-61(49(11)85)72(84)97/h22-23,25-28,32-35,45-49,52-58,61-62,85H,18-21,24,29-31,36-44H2,1-17H3,(H,73,89)(H,74,90)(H,75,91)(H,76,88)/t48-,49+,52-,53-,54-,55-,56-,57-,58-,61-,62-/m0/s1. The molecule has 2 fully saturated rings. The van der Waals surface area contributed by atoms with Crippen LogP contribution in [0.25, 0.3) is 0 Å². The molecule has 0 unspecified atom stereocenters. The number of amides is 12. The van der Waals surface area contributed by atoms with Gasteiger partial charge >= 0.3 is 0 Å². The number of carbonyl (C=O) groups excluding carboxylic acids is 12. The van der Waals surface area contributed by atoms with E-state index in [0.29, 0.717) is 49.9 Å². The minimum absolute atomic E-state index is 0.000547. The number of likely N-dealkylation sites (N-methyl/N-ethyl adjacent to an activating group) is 6. The summed E-state index contributed by atoms with van der Waals surface area (Å²) >= 11 is 0. The predicted molar refractivity (Wildman–Crippen MR) is 370 cm³/mol. The molecule has 2 aliphatic rings. The molecule has 2 heterocycles. The summed E-state index contributed by atoms with van der Waals surface area (Å²) < 4.78 is 0. The first-order chi connectivity index (χ1) is 45.7. The number of hydrogen-bond acceptors (Lipinski definition) is 13. The molecule has 12 amide bonds. The summed E-state index contributed by atoms with van der Waals surface area (Å²) in [5.41, 5.74) is 1.32. The molecule has 0 saturated carbocycles. The molecule has 2 aromatic rings. The fourth-order valence-electron chi connectivity index (χ4n) is 12.9. The van der Waals surface area contributed by atoms with E-state index in [9.17, 15) is 53.1 Å². The van der Waals surface area contributed by atoms with Crippen molar-refractivity contribution >= 4 is 70.9 Å². The number of nitrogens with zero attached hydrogens (tertiary/aromatic N) is 8. The van der Waals surface area contributed by atoms with Crippen molar-refractivity contribution in [2.45, 2.75) is 226 Å². The van der Waals surface area contributed by atoms with E-state index in [4.69, 9.17) is 0 Å². The molecule has 11 atom stereocenters. The molecule has 0 aromatic heterocycles. The number of rotatable bonds is 17. The Hall–Kier alpha value is -7.96. The lowest BCUT2D eigenvalue weighted by molar-refractivity contribution is -0.151. The van der Waals surface area contributed by atoms with Crippen molar-refractivity contribution in [1.29, 1.82) is 0 Å². The lowest BCUT2D eigenvalue weighted by Gasteiger charge is -2.38. The van der Waals surface area contributed by atoms with Crippen LogP contribution in [0.1, 0.15) is 158 Å². The quantitative estimate of drug-likeness (QED) is 0.141. The molecular weight excluding hydrogens is 1240 g/mol. The summed E-state index contributed by atoms with van der Waals surface area (Å²) in [4.78, 5) is 189. The Balaban J connectivity index is 1.94. The predicted octanol–water partition coefficient (Wildman–Crippen LogP) is 3.78. The first-order valence-electron chi connectivity index (χ1n) is 34.9. The number of benzene rings is 2. The molecule has 2 saturated heterocycles. The van der Waals surface area contributed by atoms with Gasteiger partial charge in [0, 0.05) is 74.8 Å². The van der Waals surface area contributed by atoms with Gasteiger partial charge in [-0.1, -0.05) is 136 Å². The summed E-state index contributed by atoms with van der Waals surface area (Å²) in [6.45, 7) is 19.1. The Morgan fingerprint density at radius 1 is 0.505 bits per heavy atom. The van der Waals surface area contributed by atoms with Gasteiger partial charge in [0.1, 0.15) is 60.4 Å². The molecule has 2 aliphatic heterocycles. The van der Waals surface area contributed by atoms with Gasteiger partial charge in [-0.2, -0.15) is 0 Å². The van der Waals surface area contributed by atoms with Gasteiger partial charge < -0.3 is 65.6 Å². The second-order valence-corrected chi connectivity index (χ2v) is 27.7. The molecule has 0 aliphatic carbocycles. The Bertz CT molecular complexity index is 2980. The summed E-state index contributed by atoms with van der Waals surface area (Å²) in [5.74, 6) is -9.33. The smallest absolute Gasteiger partial charge is 0.248 e. The van der Waals surface area contributed by atoms with Gasteiger partial charge in [0.05, 0.1) is 19.1 Å². The van der Waals surface area contributed by atoms with E-state index in [2.05, 4.69) is 21.3 Å². The van der Waals surface area contributed by atoms with Gasteiger partial charge in [-0.25, -0.2) is 0 Å². The van der Waals surface area contributed by atoms with Crippen molar-refractivity contribution in [3.63, 3.8) is 0 Å². The number of aliphatic hydroxyl groups excluding tert-OH is 1. The minimum Gasteiger partial charge on any atom is -0.391 e. The molecule has 25 heteroatoms. The maximum Gasteiger partial charge on any atom is 0.248 e. The zero-order valence-corrected chi connectivity index (χ0v) is 60.8. The van der Waals surface area contributed by atoms with Gasteiger partial charge in [-0.05, 0) is 94.1 Å². The highest BCUT2D eigenvalue weighted by molar-refractivity contribution is 6.00. The molecule has 0 spiro atoms. The van der Waals surface area contributed by atoms with Crippen LogP contribution in [-0.4, -0.2) is 250 Å². The lowest BCUT2D eigenvalue weighted by atomic mass is 9.97. The summed E-state index contributed by atoms with van der Waals surface area (Å²) in [7, 11) is 8.49. The van der Waals surface area contributed by atoms with Crippen molar-refractivity contribution in [3.05, 3.63) is 71.8 Å². The maximum atomic E-state index is 15.1. The summed E-state index contributed by atoms with van der Waals surface area (Å²) in [5, 5.41) is 22.6. The van der Waals surface area contributed by atoms with E-state index >= 15 is 9.59 Å². The number of unbranched alkanes of at least 4 members (excludes halogenated alkanes) is 2. The molecule has 0 radical (unpaired) electrons. The van der Waals surface area contributed by atoms with E-state index < -0.39 is 156 Å². The summed E-state index contributed by atoms with van der Waals surface area (Å²) in [6.07, 6.45) is 2.09. The number of aliphatic hydroxyl groups is 1. The number of likely N-dealkylation sites (tertiary alicyclic amines) is 1. The number of hydrogen-bond donors (Lipinski definition) is 5. The van der Waals surface area contributed by atoms with Crippen LogP contribution in [0, 0.1) is 17.8 Å².